The zero-order valence-corrected chi connectivity index (χ0v) is 18.0. The summed E-state index contributed by atoms with van der Waals surface area (Å²) in [5.74, 6) is 0.356. The maximum atomic E-state index is 12.9. The summed E-state index contributed by atoms with van der Waals surface area (Å²) < 4.78 is 29.8. The second-order valence-electron chi connectivity index (χ2n) is 8.03. The van der Waals surface area contributed by atoms with E-state index >= 15 is 0 Å². The molecular weight excluding hydrogens is 398 g/mol. The molecular formula is C23H27N3O3S. The summed E-state index contributed by atoms with van der Waals surface area (Å²) >= 11 is 0. The minimum absolute atomic E-state index is 0.0828. The van der Waals surface area contributed by atoms with Crippen molar-refractivity contribution in [3.05, 3.63) is 59.2 Å². The first-order valence-electron chi connectivity index (χ1n) is 10.5. The molecule has 1 aliphatic carbocycles. The van der Waals surface area contributed by atoms with Crippen LogP contribution in [-0.2, 0) is 22.9 Å². The first-order valence-corrected chi connectivity index (χ1v) is 11.9. The number of fused-ring (bicyclic) bond motifs is 1. The van der Waals surface area contributed by atoms with E-state index in [0.29, 0.717) is 23.5 Å². The van der Waals surface area contributed by atoms with Gasteiger partial charge in [0.05, 0.1) is 4.90 Å². The quantitative estimate of drug-likeness (QED) is 0.802. The highest BCUT2D eigenvalue weighted by Gasteiger charge is 2.19. The second-order valence-corrected chi connectivity index (χ2v) is 9.64. The van der Waals surface area contributed by atoms with E-state index in [4.69, 9.17) is 0 Å². The molecule has 30 heavy (non-hydrogen) atoms. The van der Waals surface area contributed by atoms with Crippen LogP contribution in [0.2, 0.25) is 0 Å². The van der Waals surface area contributed by atoms with Gasteiger partial charge in [-0.3, -0.25) is 4.79 Å². The summed E-state index contributed by atoms with van der Waals surface area (Å²) in [6.07, 6.45) is 6.90. The van der Waals surface area contributed by atoms with Crippen LogP contribution in [0.15, 0.2) is 51.8 Å². The number of nitrogens with zero attached hydrogens (tertiary/aromatic N) is 2. The van der Waals surface area contributed by atoms with Gasteiger partial charge in [-0.1, -0.05) is 18.6 Å². The molecule has 4 rings (SSSR count). The Balaban J connectivity index is 1.54. The summed E-state index contributed by atoms with van der Waals surface area (Å²) in [6.45, 7) is 0.811. The number of aryl methyl sites for hydroxylation is 2. The maximum Gasteiger partial charge on any atom is 0.284 e. The Kier molecular flexibility index (Phi) is 5.90. The van der Waals surface area contributed by atoms with E-state index in [0.717, 1.165) is 45.1 Å². The van der Waals surface area contributed by atoms with Gasteiger partial charge in [-0.25, -0.2) is 0 Å². The molecule has 1 saturated heterocycles. The zero-order valence-electron chi connectivity index (χ0n) is 17.2. The molecule has 0 radical (unpaired) electrons. The molecule has 6 nitrogen and oxygen atoms in total. The molecule has 2 aliphatic rings. The van der Waals surface area contributed by atoms with Gasteiger partial charge in [0.2, 0.25) is 0 Å². The van der Waals surface area contributed by atoms with Crippen molar-refractivity contribution in [2.45, 2.75) is 49.8 Å². The van der Waals surface area contributed by atoms with E-state index in [9.17, 15) is 13.2 Å². The van der Waals surface area contributed by atoms with Crippen LogP contribution >= 0.6 is 0 Å². The van der Waals surface area contributed by atoms with Crippen molar-refractivity contribution in [2.24, 2.45) is 4.40 Å². The molecule has 0 bridgehead atoms. The fourth-order valence-electron chi connectivity index (χ4n) is 4.09. The molecule has 1 fully saturated rings. The minimum atomic E-state index is -3.84. The standard InChI is InChI=1S/C23H27N3O3S/c1-26-14-4-2-3-11-22(26)25-30(28,29)21-10-6-9-20(16-21)24-23(27)19-13-12-17-7-5-8-18(17)15-19/h6,9-10,12-13,15-16H,2-5,7-8,11,14H2,1H3,(H,24,27)/b25-22-. The average Bonchev–Trinajstić information content (AvgIpc) is 3.11. The van der Waals surface area contributed by atoms with Gasteiger partial charge in [0.15, 0.2) is 0 Å². The van der Waals surface area contributed by atoms with Gasteiger partial charge < -0.3 is 10.2 Å². The normalized spacial score (nSPS) is 18.2. The molecule has 0 spiro atoms. The Bertz CT molecular complexity index is 1090. The lowest BCUT2D eigenvalue weighted by Gasteiger charge is -2.17. The predicted octanol–water partition coefficient (Wildman–Crippen LogP) is 4.02. The van der Waals surface area contributed by atoms with E-state index < -0.39 is 10.0 Å². The van der Waals surface area contributed by atoms with Crippen molar-refractivity contribution < 1.29 is 13.2 Å². The summed E-state index contributed by atoms with van der Waals surface area (Å²) in [5, 5.41) is 2.82. The van der Waals surface area contributed by atoms with E-state index in [2.05, 4.69) is 9.71 Å². The molecule has 1 aliphatic heterocycles. The Hall–Kier alpha value is -2.67. The summed E-state index contributed by atoms with van der Waals surface area (Å²) in [6, 6.07) is 12.1. The molecule has 7 heteroatoms. The molecule has 2 aromatic rings. The number of anilines is 1. The first kappa shape index (κ1) is 20.6. The molecule has 1 N–H and O–H groups in total. The van der Waals surface area contributed by atoms with E-state index in [1.165, 1.54) is 23.3 Å². The molecule has 0 saturated carbocycles. The van der Waals surface area contributed by atoms with Crippen LogP contribution in [0.5, 0.6) is 0 Å². The van der Waals surface area contributed by atoms with Gasteiger partial charge in [-0.15, -0.1) is 4.40 Å². The summed E-state index contributed by atoms with van der Waals surface area (Å²) in [5.41, 5.74) is 3.56. The van der Waals surface area contributed by atoms with Crippen molar-refractivity contribution in [1.82, 2.24) is 4.90 Å². The molecule has 2 aromatic carbocycles. The SMILES string of the molecule is CN1CCCCC/C1=N/S(=O)(=O)c1cccc(NC(=O)c2ccc3c(c2)CCC3)c1. The number of rotatable bonds is 4. The number of amidine groups is 1. The number of sulfonamides is 1. The van der Waals surface area contributed by atoms with Gasteiger partial charge in [0.25, 0.3) is 15.9 Å². The van der Waals surface area contributed by atoms with Crippen molar-refractivity contribution in [3.63, 3.8) is 0 Å². The Morgan fingerprint density at radius 3 is 2.67 bits per heavy atom. The van der Waals surface area contributed by atoms with Gasteiger partial charge in [-0.05, 0) is 73.6 Å². The molecule has 0 unspecified atom stereocenters. The molecule has 1 amide bonds. The highest BCUT2D eigenvalue weighted by Crippen LogP contribution is 2.24. The first-order chi connectivity index (χ1) is 14.4. The summed E-state index contributed by atoms with van der Waals surface area (Å²) in [7, 11) is -1.96. The third kappa shape index (κ3) is 4.56. The van der Waals surface area contributed by atoms with E-state index in [1.54, 1.807) is 12.1 Å². The Morgan fingerprint density at radius 2 is 1.80 bits per heavy atom. The van der Waals surface area contributed by atoms with Gasteiger partial charge in [0.1, 0.15) is 5.84 Å². The average molecular weight is 426 g/mol. The second kappa shape index (κ2) is 8.60. The van der Waals surface area contributed by atoms with Crippen molar-refractivity contribution >= 4 is 27.5 Å². The van der Waals surface area contributed by atoms with Gasteiger partial charge in [-0.2, -0.15) is 8.42 Å². The van der Waals surface area contributed by atoms with Crippen LogP contribution in [0.3, 0.4) is 0 Å². The number of amides is 1. The largest absolute Gasteiger partial charge is 0.362 e. The number of carbonyl (C=O) groups is 1. The number of hydrogen-bond donors (Lipinski definition) is 1. The lowest BCUT2D eigenvalue weighted by Crippen LogP contribution is -2.26. The molecule has 158 valence electrons. The van der Waals surface area contributed by atoms with Crippen molar-refractivity contribution in [3.8, 4) is 0 Å². The lowest BCUT2D eigenvalue weighted by molar-refractivity contribution is 0.102. The number of hydrogen-bond acceptors (Lipinski definition) is 3. The minimum Gasteiger partial charge on any atom is -0.362 e. The number of benzene rings is 2. The third-order valence-electron chi connectivity index (χ3n) is 5.81. The number of nitrogens with one attached hydrogen (secondary N) is 1. The van der Waals surface area contributed by atoms with Crippen LogP contribution in [0.1, 0.15) is 53.6 Å². The Labute approximate surface area is 178 Å². The molecule has 0 atom stereocenters. The van der Waals surface area contributed by atoms with Crippen LogP contribution < -0.4 is 5.32 Å². The maximum absolute atomic E-state index is 12.9. The highest BCUT2D eigenvalue weighted by molar-refractivity contribution is 7.90. The molecule has 1 heterocycles. The topological polar surface area (TPSA) is 78.8 Å². The van der Waals surface area contributed by atoms with Crippen LogP contribution in [0.25, 0.3) is 0 Å². The molecule has 0 aromatic heterocycles. The van der Waals surface area contributed by atoms with Gasteiger partial charge in [0, 0.05) is 31.3 Å². The van der Waals surface area contributed by atoms with E-state index in [1.807, 2.05) is 30.1 Å². The van der Waals surface area contributed by atoms with Crippen molar-refractivity contribution in [2.75, 3.05) is 18.9 Å². The van der Waals surface area contributed by atoms with Crippen LogP contribution in [-0.4, -0.2) is 38.7 Å². The van der Waals surface area contributed by atoms with Crippen LogP contribution in [0.4, 0.5) is 5.69 Å². The van der Waals surface area contributed by atoms with Gasteiger partial charge >= 0.3 is 0 Å². The highest BCUT2D eigenvalue weighted by atomic mass is 32.2. The fourth-order valence-corrected chi connectivity index (χ4v) is 5.23. The smallest absolute Gasteiger partial charge is 0.284 e. The third-order valence-corrected chi connectivity index (χ3v) is 7.11. The predicted molar refractivity (Wildman–Crippen MR) is 119 cm³/mol. The number of carbonyl (C=O) groups excluding carboxylic acids is 1. The monoisotopic (exact) mass is 425 g/mol. The lowest BCUT2D eigenvalue weighted by atomic mass is 10.1. The zero-order chi connectivity index (χ0) is 21.1. The fraction of sp³-hybridized carbons (Fsp3) is 0.391. The van der Waals surface area contributed by atoms with E-state index in [-0.39, 0.29) is 10.8 Å². The van der Waals surface area contributed by atoms with Crippen molar-refractivity contribution in [1.29, 1.82) is 0 Å². The van der Waals surface area contributed by atoms with Crippen LogP contribution in [0, 0.1) is 0 Å². The number of likely N-dealkylation sites (tertiary alicyclic amines) is 1. The summed E-state index contributed by atoms with van der Waals surface area (Å²) in [4.78, 5) is 14.7. The Morgan fingerprint density at radius 1 is 0.967 bits per heavy atom.